The summed E-state index contributed by atoms with van der Waals surface area (Å²) < 4.78 is 0. The van der Waals surface area contributed by atoms with E-state index in [0.717, 1.165) is 12.2 Å². The zero-order valence-corrected chi connectivity index (χ0v) is 10.7. The van der Waals surface area contributed by atoms with Gasteiger partial charge in [-0.05, 0) is 38.8 Å². The molecule has 0 aromatic carbocycles. The summed E-state index contributed by atoms with van der Waals surface area (Å²) in [6.45, 7) is 5.53. The molecule has 0 N–H and O–H groups in total. The summed E-state index contributed by atoms with van der Waals surface area (Å²) in [4.78, 5) is 6.89. The normalized spacial score (nSPS) is 26.9. The number of nitrogens with zero attached hydrogens (tertiary/aromatic N) is 2. The molecule has 0 saturated carbocycles. The minimum absolute atomic E-state index is 0.592. The fourth-order valence-electron chi connectivity index (χ4n) is 2.51. The summed E-state index contributed by atoms with van der Waals surface area (Å²) in [5.74, 6) is 0. The lowest BCUT2D eigenvalue weighted by molar-refractivity contribution is 0.0938. The van der Waals surface area contributed by atoms with Crippen molar-refractivity contribution in [2.45, 2.75) is 51.7 Å². The van der Waals surface area contributed by atoms with E-state index in [9.17, 15) is 0 Å². The molecule has 2 atom stereocenters. The van der Waals surface area contributed by atoms with Gasteiger partial charge in [-0.3, -0.25) is 4.90 Å². The third kappa shape index (κ3) is 2.74. The first-order valence-corrected chi connectivity index (χ1v) is 6.42. The van der Waals surface area contributed by atoms with Gasteiger partial charge in [-0.15, -0.1) is 0 Å². The minimum atomic E-state index is 0.592. The Morgan fingerprint density at radius 3 is 2.62 bits per heavy atom. The maximum absolute atomic E-state index is 5.91. The highest BCUT2D eigenvalue weighted by Gasteiger charge is 2.24. The van der Waals surface area contributed by atoms with Crippen LogP contribution in [-0.4, -0.2) is 22.0 Å². The summed E-state index contributed by atoms with van der Waals surface area (Å²) in [6, 6.07) is 7.17. The van der Waals surface area contributed by atoms with Gasteiger partial charge in [0.15, 0.2) is 0 Å². The Morgan fingerprint density at radius 2 is 2.00 bits per heavy atom. The van der Waals surface area contributed by atoms with E-state index in [1.807, 2.05) is 12.1 Å². The lowest BCUT2D eigenvalue weighted by atomic mass is 9.97. The first kappa shape index (κ1) is 11.9. The van der Waals surface area contributed by atoms with Crippen LogP contribution in [0.2, 0.25) is 5.15 Å². The van der Waals surface area contributed by atoms with Crippen molar-refractivity contribution in [2.75, 3.05) is 0 Å². The number of likely N-dealkylation sites (tertiary alicyclic amines) is 1. The Hall–Kier alpha value is -0.600. The number of hydrogen-bond acceptors (Lipinski definition) is 2. The summed E-state index contributed by atoms with van der Waals surface area (Å²) in [5, 5.41) is 0.592. The Balaban J connectivity index is 2.07. The van der Waals surface area contributed by atoms with Crippen LogP contribution in [0.15, 0.2) is 18.2 Å². The third-order valence-corrected chi connectivity index (χ3v) is 3.70. The largest absolute Gasteiger partial charge is 0.292 e. The molecule has 0 amide bonds. The van der Waals surface area contributed by atoms with Gasteiger partial charge in [-0.2, -0.15) is 0 Å². The lowest BCUT2D eigenvalue weighted by Crippen LogP contribution is -2.43. The molecule has 2 rings (SSSR count). The van der Waals surface area contributed by atoms with Gasteiger partial charge >= 0.3 is 0 Å². The summed E-state index contributed by atoms with van der Waals surface area (Å²) in [6.07, 6.45) is 3.94. The molecule has 0 radical (unpaired) electrons. The quantitative estimate of drug-likeness (QED) is 0.734. The number of aromatic nitrogens is 1. The van der Waals surface area contributed by atoms with E-state index in [1.54, 1.807) is 0 Å². The molecule has 1 aromatic heterocycles. The fourth-order valence-corrected chi connectivity index (χ4v) is 2.69. The second-order valence-corrected chi connectivity index (χ2v) is 5.14. The smallest absolute Gasteiger partial charge is 0.129 e. The van der Waals surface area contributed by atoms with E-state index in [4.69, 9.17) is 11.6 Å². The molecule has 16 heavy (non-hydrogen) atoms. The predicted molar refractivity (Wildman–Crippen MR) is 67.6 cm³/mol. The maximum Gasteiger partial charge on any atom is 0.129 e. The Kier molecular flexibility index (Phi) is 3.82. The molecule has 1 fully saturated rings. The molecule has 88 valence electrons. The van der Waals surface area contributed by atoms with Gasteiger partial charge in [0.25, 0.3) is 0 Å². The van der Waals surface area contributed by atoms with Crippen LogP contribution in [0.3, 0.4) is 0 Å². The molecule has 2 heterocycles. The molecule has 2 nitrogen and oxygen atoms in total. The third-order valence-electron chi connectivity index (χ3n) is 3.49. The predicted octanol–water partition coefficient (Wildman–Crippen LogP) is 3.50. The average Bonchev–Trinajstić information content (AvgIpc) is 2.24. The molecule has 0 bridgehead atoms. The van der Waals surface area contributed by atoms with Crippen molar-refractivity contribution in [1.29, 1.82) is 0 Å². The van der Waals surface area contributed by atoms with Crippen molar-refractivity contribution < 1.29 is 0 Å². The van der Waals surface area contributed by atoms with Crippen molar-refractivity contribution in [1.82, 2.24) is 9.88 Å². The van der Waals surface area contributed by atoms with Crippen LogP contribution in [0.1, 0.15) is 38.8 Å². The average molecular weight is 239 g/mol. The van der Waals surface area contributed by atoms with Crippen LogP contribution in [0.4, 0.5) is 0 Å². The van der Waals surface area contributed by atoms with Crippen molar-refractivity contribution in [3.8, 4) is 0 Å². The van der Waals surface area contributed by atoms with Crippen molar-refractivity contribution >= 4 is 11.6 Å². The summed E-state index contributed by atoms with van der Waals surface area (Å²) >= 11 is 5.91. The molecular weight excluding hydrogens is 220 g/mol. The van der Waals surface area contributed by atoms with Crippen molar-refractivity contribution in [3.63, 3.8) is 0 Å². The Bertz CT molecular complexity index is 344. The number of piperidine rings is 1. The van der Waals surface area contributed by atoms with E-state index in [2.05, 4.69) is 29.8 Å². The molecule has 0 unspecified atom stereocenters. The minimum Gasteiger partial charge on any atom is -0.292 e. The number of pyridine rings is 1. The van der Waals surface area contributed by atoms with Crippen LogP contribution >= 0.6 is 11.6 Å². The van der Waals surface area contributed by atoms with Gasteiger partial charge < -0.3 is 0 Å². The molecule has 0 spiro atoms. The second-order valence-electron chi connectivity index (χ2n) is 4.75. The molecule has 1 aromatic rings. The number of rotatable bonds is 2. The van der Waals surface area contributed by atoms with Crippen LogP contribution in [-0.2, 0) is 6.54 Å². The van der Waals surface area contributed by atoms with Gasteiger partial charge in [-0.1, -0.05) is 24.1 Å². The maximum atomic E-state index is 5.91. The standard InChI is InChI=1S/C13H19ClN2/c1-10-5-3-6-11(2)16(10)9-12-7-4-8-13(14)15-12/h4,7-8,10-11H,3,5-6,9H2,1-2H3/t10-,11+. The van der Waals surface area contributed by atoms with Gasteiger partial charge in [-0.25, -0.2) is 4.98 Å². The Labute approximate surface area is 103 Å². The topological polar surface area (TPSA) is 16.1 Å². The van der Waals surface area contributed by atoms with E-state index in [-0.39, 0.29) is 0 Å². The first-order chi connectivity index (χ1) is 7.66. The van der Waals surface area contributed by atoms with Crippen LogP contribution in [0.5, 0.6) is 0 Å². The number of halogens is 1. The van der Waals surface area contributed by atoms with E-state index < -0.39 is 0 Å². The van der Waals surface area contributed by atoms with E-state index in [0.29, 0.717) is 17.2 Å². The summed E-state index contributed by atoms with van der Waals surface area (Å²) in [5.41, 5.74) is 1.08. The van der Waals surface area contributed by atoms with Crippen LogP contribution in [0.25, 0.3) is 0 Å². The molecule has 0 aliphatic carbocycles. The molecule has 3 heteroatoms. The van der Waals surface area contributed by atoms with E-state index in [1.165, 1.54) is 19.3 Å². The van der Waals surface area contributed by atoms with Crippen molar-refractivity contribution in [3.05, 3.63) is 29.0 Å². The van der Waals surface area contributed by atoms with Crippen LogP contribution in [0, 0.1) is 0 Å². The highest BCUT2D eigenvalue weighted by molar-refractivity contribution is 6.29. The van der Waals surface area contributed by atoms with Crippen molar-refractivity contribution in [2.24, 2.45) is 0 Å². The SMILES string of the molecule is C[C@@H]1CCC[C@H](C)N1Cc1cccc(Cl)n1. The van der Waals surface area contributed by atoms with Crippen LogP contribution < -0.4 is 0 Å². The van der Waals surface area contributed by atoms with Gasteiger partial charge in [0.2, 0.25) is 0 Å². The summed E-state index contributed by atoms with van der Waals surface area (Å²) in [7, 11) is 0. The monoisotopic (exact) mass is 238 g/mol. The molecule has 1 saturated heterocycles. The zero-order chi connectivity index (χ0) is 11.5. The second kappa shape index (κ2) is 5.15. The molecule has 1 aliphatic rings. The van der Waals surface area contributed by atoms with Gasteiger partial charge in [0.1, 0.15) is 5.15 Å². The highest BCUT2D eigenvalue weighted by atomic mass is 35.5. The molecular formula is C13H19ClN2. The van der Waals surface area contributed by atoms with Gasteiger partial charge in [0, 0.05) is 18.6 Å². The Morgan fingerprint density at radius 1 is 1.31 bits per heavy atom. The zero-order valence-electron chi connectivity index (χ0n) is 9.99. The van der Waals surface area contributed by atoms with E-state index >= 15 is 0 Å². The first-order valence-electron chi connectivity index (χ1n) is 6.04. The highest BCUT2D eigenvalue weighted by Crippen LogP contribution is 2.24. The molecule has 1 aliphatic heterocycles. The van der Waals surface area contributed by atoms with Gasteiger partial charge in [0.05, 0.1) is 5.69 Å². The fraction of sp³-hybridized carbons (Fsp3) is 0.615. The number of hydrogen-bond donors (Lipinski definition) is 0. The lowest BCUT2D eigenvalue weighted by Gasteiger charge is -2.38.